The van der Waals surface area contributed by atoms with Crippen molar-refractivity contribution in [3.8, 4) is 5.75 Å². The standard InChI is InChI=1S/C16H25FN2O2/c1-2-9-20-10-11-21-16-4-3-13(17)12-15(16)19-7-5-14(18)6-8-19/h3-4,12,14H,2,5-11,18H2,1H3. The minimum absolute atomic E-state index is 0.241. The van der Waals surface area contributed by atoms with E-state index in [2.05, 4.69) is 11.8 Å². The summed E-state index contributed by atoms with van der Waals surface area (Å²) in [6, 6.07) is 4.92. The lowest BCUT2D eigenvalue weighted by atomic mass is 10.1. The van der Waals surface area contributed by atoms with E-state index in [0.29, 0.717) is 19.0 Å². The Bertz CT molecular complexity index is 434. The van der Waals surface area contributed by atoms with Crippen LogP contribution in [0, 0.1) is 5.82 Å². The number of benzene rings is 1. The third-order valence-electron chi connectivity index (χ3n) is 3.63. The summed E-state index contributed by atoms with van der Waals surface area (Å²) in [7, 11) is 0. The fourth-order valence-electron chi connectivity index (χ4n) is 2.46. The van der Waals surface area contributed by atoms with Gasteiger partial charge >= 0.3 is 0 Å². The molecule has 0 amide bonds. The minimum Gasteiger partial charge on any atom is -0.489 e. The van der Waals surface area contributed by atoms with Crippen LogP contribution in [0.4, 0.5) is 10.1 Å². The van der Waals surface area contributed by atoms with Gasteiger partial charge in [-0.25, -0.2) is 4.39 Å². The zero-order valence-corrected chi connectivity index (χ0v) is 12.7. The van der Waals surface area contributed by atoms with Gasteiger partial charge in [0.15, 0.2) is 0 Å². The molecule has 21 heavy (non-hydrogen) atoms. The lowest BCUT2D eigenvalue weighted by molar-refractivity contribution is 0.101. The van der Waals surface area contributed by atoms with E-state index in [0.717, 1.165) is 44.6 Å². The highest BCUT2D eigenvalue weighted by molar-refractivity contribution is 5.59. The summed E-state index contributed by atoms with van der Waals surface area (Å²) in [4.78, 5) is 2.15. The van der Waals surface area contributed by atoms with Gasteiger partial charge in [0.2, 0.25) is 0 Å². The number of ether oxygens (including phenoxy) is 2. The molecule has 1 aliphatic heterocycles. The van der Waals surface area contributed by atoms with Gasteiger partial charge in [-0.15, -0.1) is 0 Å². The smallest absolute Gasteiger partial charge is 0.142 e. The van der Waals surface area contributed by atoms with E-state index >= 15 is 0 Å². The van der Waals surface area contributed by atoms with Crippen LogP contribution in [-0.2, 0) is 4.74 Å². The molecule has 0 saturated carbocycles. The first-order valence-electron chi connectivity index (χ1n) is 7.71. The second kappa shape index (κ2) is 8.20. The molecule has 2 N–H and O–H groups in total. The van der Waals surface area contributed by atoms with Crippen molar-refractivity contribution in [2.75, 3.05) is 37.8 Å². The van der Waals surface area contributed by atoms with Crippen molar-refractivity contribution < 1.29 is 13.9 Å². The Morgan fingerprint density at radius 1 is 1.24 bits per heavy atom. The van der Waals surface area contributed by atoms with Crippen molar-refractivity contribution in [2.45, 2.75) is 32.2 Å². The van der Waals surface area contributed by atoms with E-state index < -0.39 is 0 Å². The summed E-state index contributed by atoms with van der Waals surface area (Å²) < 4.78 is 24.7. The molecule has 5 heteroatoms. The van der Waals surface area contributed by atoms with Crippen LogP contribution in [0.2, 0.25) is 0 Å². The fraction of sp³-hybridized carbons (Fsp3) is 0.625. The minimum atomic E-state index is -0.241. The average Bonchev–Trinajstić information content (AvgIpc) is 2.49. The Labute approximate surface area is 126 Å². The van der Waals surface area contributed by atoms with Crippen LogP contribution in [0.5, 0.6) is 5.75 Å². The van der Waals surface area contributed by atoms with Crippen molar-refractivity contribution in [3.05, 3.63) is 24.0 Å². The third-order valence-corrected chi connectivity index (χ3v) is 3.63. The van der Waals surface area contributed by atoms with E-state index in [-0.39, 0.29) is 11.9 Å². The van der Waals surface area contributed by atoms with Crippen molar-refractivity contribution in [1.82, 2.24) is 0 Å². The molecule has 0 aromatic heterocycles. The molecule has 0 unspecified atom stereocenters. The lowest BCUT2D eigenvalue weighted by Crippen LogP contribution is -2.39. The summed E-state index contributed by atoms with van der Waals surface area (Å²) in [6.45, 7) is 5.52. The zero-order chi connectivity index (χ0) is 15.1. The van der Waals surface area contributed by atoms with E-state index in [1.54, 1.807) is 12.1 Å². The van der Waals surface area contributed by atoms with Crippen LogP contribution in [0.1, 0.15) is 26.2 Å². The summed E-state index contributed by atoms with van der Waals surface area (Å²) in [5.41, 5.74) is 6.74. The van der Waals surface area contributed by atoms with Gasteiger partial charge in [0.05, 0.1) is 12.3 Å². The van der Waals surface area contributed by atoms with Crippen molar-refractivity contribution in [1.29, 1.82) is 0 Å². The van der Waals surface area contributed by atoms with Crippen LogP contribution < -0.4 is 15.4 Å². The SMILES string of the molecule is CCCOCCOc1ccc(F)cc1N1CCC(N)CC1. The number of nitrogens with zero attached hydrogens (tertiary/aromatic N) is 1. The Morgan fingerprint density at radius 3 is 2.71 bits per heavy atom. The van der Waals surface area contributed by atoms with Crippen LogP contribution >= 0.6 is 0 Å². The normalized spacial score (nSPS) is 16.2. The second-order valence-electron chi connectivity index (χ2n) is 5.40. The number of piperidine rings is 1. The average molecular weight is 296 g/mol. The van der Waals surface area contributed by atoms with Crippen LogP contribution in [0.3, 0.4) is 0 Å². The van der Waals surface area contributed by atoms with Gasteiger partial charge in [-0.3, -0.25) is 0 Å². The van der Waals surface area contributed by atoms with Gasteiger partial charge in [0.25, 0.3) is 0 Å². The number of nitrogens with two attached hydrogens (primary N) is 1. The molecule has 0 bridgehead atoms. The van der Waals surface area contributed by atoms with Gasteiger partial charge in [0.1, 0.15) is 18.2 Å². The molecule has 1 fully saturated rings. The van der Waals surface area contributed by atoms with Crippen molar-refractivity contribution in [3.63, 3.8) is 0 Å². The maximum absolute atomic E-state index is 13.5. The fourth-order valence-corrected chi connectivity index (χ4v) is 2.46. The van der Waals surface area contributed by atoms with Gasteiger partial charge in [0, 0.05) is 31.8 Å². The first kappa shape index (κ1) is 16.0. The van der Waals surface area contributed by atoms with E-state index in [1.807, 2.05) is 0 Å². The summed E-state index contributed by atoms with van der Waals surface area (Å²) in [5, 5.41) is 0. The quantitative estimate of drug-likeness (QED) is 0.786. The molecule has 0 radical (unpaired) electrons. The Balaban J connectivity index is 1.96. The number of anilines is 1. The predicted molar refractivity (Wildman–Crippen MR) is 82.4 cm³/mol. The highest BCUT2D eigenvalue weighted by Crippen LogP contribution is 2.31. The Kier molecular flexibility index (Phi) is 6.26. The van der Waals surface area contributed by atoms with Crippen LogP contribution in [0.15, 0.2) is 18.2 Å². The molecular weight excluding hydrogens is 271 g/mol. The molecule has 0 atom stereocenters. The zero-order valence-electron chi connectivity index (χ0n) is 12.7. The van der Waals surface area contributed by atoms with E-state index in [1.165, 1.54) is 6.07 Å². The highest BCUT2D eigenvalue weighted by atomic mass is 19.1. The van der Waals surface area contributed by atoms with Gasteiger partial charge in [-0.1, -0.05) is 6.92 Å². The van der Waals surface area contributed by atoms with E-state index in [9.17, 15) is 4.39 Å². The predicted octanol–water partition coefficient (Wildman–Crippen LogP) is 2.56. The molecule has 1 aliphatic rings. The maximum Gasteiger partial charge on any atom is 0.142 e. The molecule has 1 saturated heterocycles. The second-order valence-corrected chi connectivity index (χ2v) is 5.40. The highest BCUT2D eigenvalue weighted by Gasteiger charge is 2.19. The van der Waals surface area contributed by atoms with Crippen molar-refractivity contribution in [2.24, 2.45) is 5.73 Å². The van der Waals surface area contributed by atoms with E-state index in [4.69, 9.17) is 15.2 Å². The molecule has 118 valence electrons. The molecule has 0 spiro atoms. The largest absolute Gasteiger partial charge is 0.489 e. The van der Waals surface area contributed by atoms with Crippen molar-refractivity contribution >= 4 is 5.69 Å². The molecule has 1 heterocycles. The number of hydrogen-bond acceptors (Lipinski definition) is 4. The van der Waals surface area contributed by atoms with Gasteiger partial charge in [-0.05, 0) is 31.4 Å². The number of rotatable bonds is 7. The number of hydrogen-bond donors (Lipinski definition) is 1. The van der Waals surface area contributed by atoms with Gasteiger partial charge < -0.3 is 20.1 Å². The molecule has 1 aromatic carbocycles. The Hall–Kier alpha value is -1.33. The molecule has 0 aliphatic carbocycles. The first-order chi connectivity index (χ1) is 10.2. The molecule has 2 rings (SSSR count). The third kappa shape index (κ3) is 4.86. The van der Waals surface area contributed by atoms with Crippen LogP contribution in [-0.4, -0.2) is 39.0 Å². The van der Waals surface area contributed by atoms with Crippen LogP contribution in [0.25, 0.3) is 0 Å². The lowest BCUT2D eigenvalue weighted by Gasteiger charge is -2.33. The molecule has 1 aromatic rings. The summed E-state index contributed by atoms with van der Waals surface area (Å²) in [6.07, 6.45) is 2.85. The maximum atomic E-state index is 13.5. The summed E-state index contributed by atoms with van der Waals surface area (Å²) in [5.74, 6) is 0.474. The monoisotopic (exact) mass is 296 g/mol. The summed E-state index contributed by atoms with van der Waals surface area (Å²) >= 11 is 0. The Morgan fingerprint density at radius 2 is 2.00 bits per heavy atom. The molecule has 4 nitrogen and oxygen atoms in total. The first-order valence-corrected chi connectivity index (χ1v) is 7.71. The topological polar surface area (TPSA) is 47.7 Å². The van der Waals surface area contributed by atoms with Gasteiger partial charge in [-0.2, -0.15) is 0 Å². The number of halogens is 1. The molecular formula is C16H25FN2O2.